The van der Waals surface area contributed by atoms with Crippen LogP contribution in [0.1, 0.15) is 19.4 Å². The van der Waals surface area contributed by atoms with Gasteiger partial charge in [-0.05, 0) is 67.4 Å². The van der Waals surface area contributed by atoms with Crippen molar-refractivity contribution in [3.63, 3.8) is 0 Å². The normalized spacial score (nSPS) is 17.8. The Morgan fingerprint density at radius 1 is 0.955 bits per heavy atom. The second-order valence-electron chi connectivity index (χ2n) is 11.0. The lowest BCUT2D eigenvalue weighted by molar-refractivity contribution is -0.150. The minimum absolute atomic E-state index is 0.0719. The van der Waals surface area contributed by atoms with Crippen molar-refractivity contribution in [2.75, 3.05) is 35.4 Å². The van der Waals surface area contributed by atoms with E-state index in [-0.39, 0.29) is 29.9 Å². The van der Waals surface area contributed by atoms with Crippen LogP contribution in [0.25, 0.3) is 11.1 Å². The summed E-state index contributed by atoms with van der Waals surface area (Å²) in [6.07, 6.45) is -4.81. The summed E-state index contributed by atoms with van der Waals surface area (Å²) < 4.78 is 114. The molecule has 0 aliphatic carbocycles. The van der Waals surface area contributed by atoms with Gasteiger partial charge < -0.3 is 14.7 Å². The molecule has 1 unspecified atom stereocenters. The third kappa shape index (κ3) is 5.89. The number of carboxylic acids is 1. The number of hydrogen-bond donors (Lipinski definition) is 1. The predicted molar refractivity (Wildman–Crippen MR) is 149 cm³/mol. The van der Waals surface area contributed by atoms with Crippen LogP contribution >= 0.6 is 0 Å². The van der Waals surface area contributed by atoms with Crippen LogP contribution in [0.5, 0.6) is 5.75 Å². The van der Waals surface area contributed by atoms with Crippen LogP contribution in [0.4, 0.5) is 37.7 Å². The van der Waals surface area contributed by atoms with Crippen LogP contribution in [-0.2, 0) is 21.0 Å². The van der Waals surface area contributed by atoms with Crippen molar-refractivity contribution in [3.8, 4) is 16.9 Å². The highest BCUT2D eigenvalue weighted by Crippen LogP contribution is 2.43. The van der Waals surface area contributed by atoms with Crippen LogP contribution in [0.3, 0.4) is 0 Å². The molecule has 0 saturated carbocycles. The number of rotatable bonds is 7. The molecule has 236 valence electrons. The van der Waals surface area contributed by atoms with Crippen LogP contribution in [0, 0.1) is 5.82 Å². The Balaban J connectivity index is 1.63. The first-order chi connectivity index (χ1) is 20.5. The number of sulfonamides is 1. The number of carbonyl (C=O) groups is 1. The molecule has 5 rings (SSSR count). The molecule has 0 bridgehead atoms. The van der Waals surface area contributed by atoms with E-state index in [9.17, 15) is 44.7 Å². The summed E-state index contributed by atoms with van der Waals surface area (Å²) in [5.41, 5.74) is -1.65. The minimum Gasteiger partial charge on any atom is -0.480 e. The van der Waals surface area contributed by atoms with Gasteiger partial charge in [-0.2, -0.15) is 22.0 Å². The van der Waals surface area contributed by atoms with Gasteiger partial charge in [-0.1, -0.05) is 12.1 Å². The fourth-order valence-corrected chi connectivity index (χ4v) is 7.05. The monoisotopic (exact) mass is 643 g/mol. The van der Waals surface area contributed by atoms with Crippen molar-refractivity contribution in [3.05, 3.63) is 72.0 Å². The molecule has 2 aliphatic heterocycles. The third-order valence-electron chi connectivity index (χ3n) is 7.91. The molecule has 0 spiro atoms. The SMILES string of the molecule is CC(C)(C(=O)O)N1CCN2c3ccc(-c4cc(F)cc(OC(F)F)c4)cc3N(S(=O)(=O)c3cccc(C(F)(F)F)c3)CC2C1. The fraction of sp³-hybridized carbons (Fsp3) is 0.345. The molecule has 3 aromatic carbocycles. The Morgan fingerprint density at radius 2 is 1.68 bits per heavy atom. The molecule has 2 aliphatic rings. The number of aliphatic carboxylic acids is 1. The zero-order chi connectivity index (χ0) is 32.2. The molecule has 1 atom stereocenters. The van der Waals surface area contributed by atoms with E-state index in [0.717, 1.165) is 40.7 Å². The van der Waals surface area contributed by atoms with Crippen LogP contribution in [0.2, 0.25) is 0 Å². The average molecular weight is 644 g/mol. The zero-order valence-corrected chi connectivity index (χ0v) is 24.2. The standard InChI is InChI=1S/C29H27F6N3O5S/c1-28(2,26(39)40)36-8-9-37-21(15-36)16-38(44(41,42)23-5-3-4-19(13-23)29(33,34)35)25-12-17(6-7-24(25)37)18-10-20(30)14-22(11-18)43-27(31)32/h3-7,10-14,21,27H,8-9,15-16H2,1-2H3,(H,39,40). The van der Waals surface area contributed by atoms with Crippen molar-refractivity contribution < 1.29 is 49.4 Å². The molecule has 1 saturated heterocycles. The lowest BCUT2D eigenvalue weighted by atomic mass is 9.96. The molecule has 3 aromatic rings. The van der Waals surface area contributed by atoms with Gasteiger partial charge in [0, 0.05) is 25.7 Å². The predicted octanol–water partition coefficient (Wildman–Crippen LogP) is 5.68. The average Bonchev–Trinajstić information content (AvgIpc) is 2.95. The van der Waals surface area contributed by atoms with Crippen LogP contribution in [-0.4, -0.2) is 68.8 Å². The number of ether oxygens (including phenoxy) is 1. The van der Waals surface area contributed by atoms with E-state index < -0.39 is 62.4 Å². The van der Waals surface area contributed by atoms with Gasteiger partial charge in [0.15, 0.2) is 0 Å². The Bertz CT molecular complexity index is 1700. The fourth-order valence-electron chi connectivity index (χ4n) is 5.50. The van der Waals surface area contributed by atoms with Crippen molar-refractivity contribution >= 4 is 27.4 Å². The van der Waals surface area contributed by atoms with Gasteiger partial charge in [0.1, 0.15) is 17.1 Å². The van der Waals surface area contributed by atoms with Gasteiger partial charge in [-0.15, -0.1) is 0 Å². The van der Waals surface area contributed by atoms with Crippen molar-refractivity contribution in [1.82, 2.24) is 4.90 Å². The van der Waals surface area contributed by atoms with Gasteiger partial charge in [0.25, 0.3) is 10.0 Å². The topological polar surface area (TPSA) is 90.4 Å². The maximum Gasteiger partial charge on any atom is 0.416 e. The van der Waals surface area contributed by atoms with Crippen molar-refractivity contribution in [2.45, 2.75) is 43.1 Å². The molecule has 1 N–H and O–H groups in total. The van der Waals surface area contributed by atoms with E-state index in [4.69, 9.17) is 0 Å². The van der Waals surface area contributed by atoms with E-state index in [1.165, 1.54) is 26.0 Å². The van der Waals surface area contributed by atoms with E-state index in [0.29, 0.717) is 24.8 Å². The van der Waals surface area contributed by atoms with Crippen LogP contribution < -0.4 is 13.9 Å². The first kappa shape index (κ1) is 31.4. The molecule has 15 heteroatoms. The highest BCUT2D eigenvalue weighted by molar-refractivity contribution is 7.92. The zero-order valence-electron chi connectivity index (χ0n) is 23.4. The number of anilines is 2. The van der Waals surface area contributed by atoms with Crippen molar-refractivity contribution in [2.24, 2.45) is 0 Å². The molecule has 0 amide bonds. The highest BCUT2D eigenvalue weighted by Gasteiger charge is 2.45. The van der Waals surface area contributed by atoms with Crippen LogP contribution in [0.15, 0.2) is 65.6 Å². The molecule has 0 aromatic heterocycles. The molecule has 1 fully saturated rings. The number of piperazine rings is 1. The van der Waals surface area contributed by atoms with E-state index in [2.05, 4.69) is 4.74 Å². The molecular formula is C29H27F6N3O5S. The first-order valence-electron chi connectivity index (χ1n) is 13.3. The Morgan fingerprint density at radius 3 is 2.34 bits per heavy atom. The molecule has 44 heavy (non-hydrogen) atoms. The largest absolute Gasteiger partial charge is 0.480 e. The van der Waals surface area contributed by atoms with Gasteiger partial charge in [0.2, 0.25) is 0 Å². The summed E-state index contributed by atoms with van der Waals surface area (Å²) in [7, 11) is -4.64. The summed E-state index contributed by atoms with van der Waals surface area (Å²) in [6, 6.07) is 10.2. The summed E-state index contributed by atoms with van der Waals surface area (Å²) in [5.74, 6) is -2.43. The van der Waals surface area contributed by atoms with Gasteiger partial charge >= 0.3 is 18.8 Å². The maximum absolute atomic E-state index is 14.4. The van der Waals surface area contributed by atoms with E-state index in [1.807, 2.05) is 4.90 Å². The van der Waals surface area contributed by atoms with Gasteiger partial charge in [-0.25, -0.2) is 12.8 Å². The Kier molecular flexibility index (Phi) is 7.99. The number of alkyl halides is 5. The third-order valence-corrected chi connectivity index (χ3v) is 9.68. The molecular weight excluding hydrogens is 616 g/mol. The highest BCUT2D eigenvalue weighted by atomic mass is 32.2. The second-order valence-corrected chi connectivity index (χ2v) is 12.8. The smallest absolute Gasteiger partial charge is 0.416 e. The summed E-state index contributed by atoms with van der Waals surface area (Å²) >= 11 is 0. The quantitative estimate of drug-likeness (QED) is 0.332. The molecule has 8 nitrogen and oxygen atoms in total. The summed E-state index contributed by atoms with van der Waals surface area (Å²) in [4.78, 5) is 14.9. The van der Waals surface area contributed by atoms with Gasteiger partial charge in [0.05, 0.1) is 34.4 Å². The molecule has 2 heterocycles. The Hall–Kier alpha value is -3.98. The number of carboxylic acid groups (broad SMARTS) is 1. The minimum atomic E-state index is -4.81. The second kappa shape index (κ2) is 11.2. The van der Waals surface area contributed by atoms with Crippen molar-refractivity contribution in [1.29, 1.82) is 0 Å². The lowest BCUT2D eigenvalue weighted by Crippen LogP contribution is -2.65. The Labute approximate surface area is 249 Å². The number of nitrogens with zero attached hydrogens (tertiary/aromatic N) is 3. The number of benzene rings is 3. The first-order valence-corrected chi connectivity index (χ1v) is 14.8. The molecule has 0 radical (unpaired) electrons. The van der Waals surface area contributed by atoms with E-state index in [1.54, 1.807) is 11.0 Å². The number of halogens is 6. The summed E-state index contributed by atoms with van der Waals surface area (Å²) in [5, 5.41) is 9.76. The number of hydrogen-bond acceptors (Lipinski definition) is 6. The number of fused-ring (bicyclic) bond motifs is 3. The van der Waals surface area contributed by atoms with E-state index >= 15 is 0 Å². The lowest BCUT2D eigenvalue weighted by Gasteiger charge is -2.51. The van der Waals surface area contributed by atoms with Gasteiger partial charge in [-0.3, -0.25) is 14.0 Å². The maximum atomic E-state index is 14.4. The summed E-state index contributed by atoms with van der Waals surface area (Å²) in [6.45, 7) is 0.333.